The van der Waals surface area contributed by atoms with Crippen LogP contribution in [0, 0.1) is 0 Å². The fourth-order valence-electron chi connectivity index (χ4n) is 5.29. The SMILES string of the molecule is CC(=O)OC1COC(COC(c2ccccc2)(c2ccccc2)c2ccccc2)(OC(C)=O)C(OC(C)=O)C1OC(C)=O. The molecule has 1 saturated heterocycles. The largest absolute Gasteiger partial charge is 0.456 e. The summed E-state index contributed by atoms with van der Waals surface area (Å²) in [6.07, 6.45) is -4.13. The van der Waals surface area contributed by atoms with E-state index in [9.17, 15) is 19.2 Å². The van der Waals surface area contributed by atoms with E-state index in [1.165, 1.54) is 6.92 Å². The highest BCUT2D eigenvalue weighted by Gasteiger charge is 2.60. The molecule has 0 spiro atoms. The molecule has 1 heterocycles. The van der Waals surface area contributed by atoms with Crippen LogP contribution in [0.5, 0.6) is 0 Å². The smallest absolute Gasteiger partial charge is 0.305 e. The van der Waals surface area contributed by atoms with Gasteiger partial charge in [0.05, 0.1) is 6.61 Å². The van der Waals surface area contributed by atoms with Crippen LogP contribution in [0.3, 0.4) is 0 Å². The fourth-order valence-corrected chi connectivity index (χ4v) is 5.29. The average molecular weight is 591 g/mol. The minimum absolute atomic E-state index is 0.360. The summed E-state index contributed by atoms with van der Waals surface area (Å²) in [6.45, 7) is 3.78. The van der Waals surface area contributed by atoms with Gasteiger partial charge in [0, 0.05) is 27.7 Å². The normalized spacial score (nSPS) is 21.7. The molecule has 10 nitrogen and oxygen atoms in total. The first kappa shape index (κ1) is 31.4. The van der Waals surface area contributed by atoms with Crippen molar-refractivity contribution in [2.75, 3.05) is 13.2 Å². The van der Waals surface area contributed by atoms with Gasteiger partial charge in [-0.2, -0.15) is 0 Å². The molecule has 3 aromatic carbocycles. The maximum absolute atomic E-state index is 12.6. The summed E-state index contributed by atoms with van der Waals surface area (Å²) in [7, 11) is 0. The summed E-state index contributed by atoms with van der Waals surface area (Å²) in [4.78, 5) is 49.1. The Morgan fingerprint density at radius 1 is 0.674 bits per heavy atom. The third kappa shape index (κ3) is 7.10. The van der Waals surface area contributed by atoms with Crippen molar-refractivity contribution in [1.29, 1.82) is 0 Å². The second-order valence-electron chi connectivity index (χ2n) is 10.0. The van der Waals surface area contributed by atoms with Crippen molar-refractivity contribution < 1.29 is 47.6 Å². The van der Waals surface area contributed by atoms with Crippen LogP contribution in [-0.4, -0.2) is 61.2 Å². The summed E-state index contributed by atoms with van der Waals surface area (Å²) in [5.74, 6) is -5.10. The van der Waals surface area contributed by atoms with Gasteiger partial charge in [-0.15, -0.1) is 0 Å². The van der Waals surface area contributed by atoms with Crippen molar-refractivity contribution in [1.82, 2.24) is 0 Å². The van der Waals surface area contributed by atoms with Gasteiger partial charge < -0.3 is 28.4 Å². The van der Waals surface area contributed by atoms with Crippen LogP contribution in [0.1, 0.15) is 44.4 Å². The number of hydrogen-bond donors (Lipinski definition) is 0. The predicted octanol–water partition coefficient (Wildman–Crippen LogP) is 4.08. The average Bonchev–Trinajstić information content (AvgIpc) is 2.97. The predicted molar refractivity (Wildman–Crippen MR) is 152 cm³/mol. The lowest BCUT2D eigenvalue weighted by atomic mass is 9.80. The standard InChI is InChI=1S/C33H34O10/c1-22(34)40-29-20-38-32(43-25(4)37,31(42-24(3)36)30(29)41-23(2)35)21-39-33(26-14-8-5-9-15-26,27-16-10-6-11-17-27)28-18-12-7-13-19-28/h5-19,29-31H,20-21H2,1-4H3. The van der Waals surface area contributed by atoms with Crippen LogP contribution in [-0.2, 0) is 53.2 Å². The molecule has 0 saturated carbocycles. The number of esters is 4. The maximum Gasteiger partial charge on any atom is 0.305 e. The van der Waals surface area contributed by atoms with Gasteiger partial charge in [0.1, 0.15) is 12.2 Å². The van der Waals surface area contributed by atoms with E-state index in [2.05, 4.69) is 0 Å². The molecule has 0 radical (unpaired) electrons. The molecule has 1 fully saturated rings. The van der Waals surface area contributed by atoms with E-state index in [-0.39, 0.29) is 6.61 Å². The molecule has 0 aliphatic carbocycles. The summed E-state index contributed by atoms with van der Waals surface area (Å²) in [5, 5.41) is 0. The first-order valence-electron chi connectivity index (χ1n) is 13.7. The summed E-state index contributed by atoms with van der Waals surface area (Å²) in [5.41, 5.74) is 0.976. The highest BCUT2D eigenvalue weighted by Crippen LogP contribution is 2.43. The number of carbonyl (C=O) groups is 4. The lowest BCUT2D eigenvalue weighted by molar-refractivity contribution is -0.345. The Balaban J connectivity index is 1.90. The highest BCUT2D eigenvalue weighted by atomic mass is 16.8. The topological polar surface area (TPSA) is 124 Å². The Kier molecular flexibility index (Phi) is 9.95. The molecule has 4 rings (SSSR count). The Morgan fingerprint density at radius 2 is 1.12 bits per heavy atom. The van der Waals surface area contributed by atoms with Crippen molar-refractivity contribution in [3.63, 3.8) is 0 Å². The van der Waals surface area contributed by atoms with Gasteiger partial charge in [0.15, 0.2) is 12.2 Å². The number of carbonyl (C=O) groups excluding carboxylic acids is 4. The zero-order valence-corrected chi connectivity index (χ0v) is 24.4. The van der Waals surface area contributed by atoms with Crippen molar-refractivity contribution in [2.24, 2.45) is 0 Å². The van der Waals surface area contributed by atoms with Crippen LogP contribution in [0.15, 0.2) is 91.0 Å². The van der Waals surface area contributed by atoms with Crippen molar-refractivity contribution in [3.05, 3.63) is 108 Å². The number of ether oxygens (including phenoxy) is 6. The zero-order chi connectivity index (χ0) is 31.0. The Labute approximate surface area is 249 Å². The second kappa shape index (κ2) is 13.6. The van der Waals surface area contributed by atoms with E-state index < -0.39 is 60.2 Å². The molecular formula is C33H34O10. The molecule has 1 aliphatic rings. The van der Waals surface area contributed by atoms with Gasteiger partial charge in [-0.05, 0) is 16.7 Å². The molecule has 226 valence electrons. The van der Waals surface area contributed by atoms with E-state index in [0.717, 1.165) is 37.5 Å². The molecule has 0 N–H and O–H groups in total. The van der Waals surface area contributed by atoms with Crippen LogP contribution in [0.4, 0.5) is 0 Å². The number of rotatable bonds is 10. The molecule has 0 amide bonds. The van der Waals surface area contributed by atoms with E-state index in [1.54, 1.807) is 0 Å². The third-order valence-electron chi connectivity index (χ3n) is 6.85. The molecule has 0 bridgehead atoms. The van der Waals surface area contributed by atoms with Gasteiger partial charge in [-0.3, -0.25) is 19.2 Å². The molecule has 0 aromatic heterocycles. The monoisotopic (exact) mass is 590 g/mol. The Morgan fingerprint density at radius 3 is 1.51 bits per heavy atom. The molecule has 1 aliphatic heterocycles. The van der Waals surface area contributed by atoms with Crippen molar-refractivity contribution >= 4 is 23.9 Å². The molecule has 3 aromatic rings. The Hall–Kier alpha value is -4.54. The van der Waals surface area contributed by atoms with E-state index in [4.69, 9.17) is 28.4 Å². The van der Waals surface area contributed by atoms with Crippen LogP contribution < -0.4 is 0 Å². The van der Waals surface area contributed by atoms with Crippen molar-refractivity contribution in [2.45, 2.75) is 57.4 Å². The zero-order valence-electron chi connectivity index (χ0n) is 24.4. The summed E-state index contributed by atoms with van der Waals surface area (Å²) >= 11 is 0. The van der Waals surface area contributed by atoms with Gasteiger partial charge in [-0.25, -0.2) is 0 Å². The number of hydrogen-bond acceptors (Lipinski definition) is 10. The second-order valence-corrected chi connectivity index (χ2v) is 10.0. The highest BCUT2D eigenvalue weighted by molar-refractivity contribution is 5.69. The minimum atomic E-state index is -2.11. The quantitative estimate of drug-likeness (QED) is 0.194. The first-order chi connectivity index (χ1) is 20.6. The minimum Gasteiger partial charge on any atom is -0.456 e. The van der Waals surface area contributed by atoms with E-state index >= 15 is 0 Å². The van der Waals surface area contributed by atoms with Gasteiger partial charge in [0.2, 0.25) is 6.10 Å². The molecular weight excluding hydrogens is 556 g/mol. The molecule has 43 heavy (non-hydrogen) atoms. The van der Waals surface area contributed by atoms with Crippen LogP contribution in [0.25, 0.3) is 0 Å². The lowest BCUT2D eigenvalue weighted by Gasteiger charge is -2.48. The van der Waals surface area contributed by atoms with Crippen LogP contribution in [0.2, 0.25) is 0 Å². The van der Waals surface area contributed by atoms with E-state index in [0.29, 0.717) is 0 Å². The molecule has 4 atom stereocenters. The fraction of sp³-hybridized carbons (Fsp3) is 0.333. The van der Waals surface area contributed by atoms with Gasteiger partial charge in [-0.1, -0.05) is 91.0 Å². The Bertz CT molecular complexity index is 1310. The summed E-state index contributed by atoms with van der Waals surface area (Å²) < 4.78 is 35.2. The lowest BCUT2D eigenvalue weighted by Crippen LogP contribution is -2.67. The van der Waals surface area contributed by atoms with Crippen LogP contribution >= 0.6 is 0 Å². The van der Waals surface area contributed by atoms with Gasteiger partial charge in [0.25, 0.3) is 5.79 Å². The number of benzene rings is 3. The van der Waals surface area contributed by atoms with E-state index in [1.807, 2.05) is 91.0 Å². The molecule has 10 heteroatoms. The van der Waals surface area contributed by atoms with Gasteiger partial charge >= 0.3 is 23.9 Å². The molecule has 4 unspecified atom stereocenters. The van der Waals surface area contributed by atoms with Crippen molar-refractivity contribution in [3.8, 4) is 0 Å². The first-order valence-corrected chi connectivity index (χ1v) is 13.7. The summed E-state index contributed by atoms with van der Waals surface area (Å²) in [6, 6.07) is 28.3. The maximum atomic E-state index is 12.6. The third-order valence-corrected chi connectivity index (χ3v) is 6.85.